The van der Waals surface area contributed by atoms with Crippen molar-refractivity contribution in [3.8, 4) is 0 Å². The van der Waals surface area contributed by atoms with Gasteiger partial charge in [0.05, 0.1) is 6.61 Å². The van der Waals surface area contributed by atoms with Crippen molar-refractivity contribution in [1.29, 1.82) is 0 Å². The Balaban J connectivity index is 3.56. The Morgan fingerprint density at radius 2 is 1.94 bits per heavy atom. The molecule has 0 saturated carbocycles. The maximum atomic E-state index is 10.8. The summed E-state index contributed by atoms with van der Waals surface area (Å²) in [5, 5.41) is 0. The van der Waals surface area contributed by atoms with Gasteiger partial charge >= 0.3 is 5.97 Å². The summed E-state index contributed by atoms with van der Waals surface area (Å²) in [6, 6.07) is 4.03. The second kappa shape index (κ2) is 12.8. The third kappa shape index (κ3) is 10.5. The summed E-state index contributed by atoms with van der Waals surface area (Å²) < 4.78 is 10.4. The predicted octanol–water partition coefficient (Wildman–Crippen LogP) is 3.17. The first kappa shape index (κ1) is 17.4. The van der Waals surface area contributed by atoms with E-state index in [-0.39, 0.29) is 5.97 Å². The molecular formula is C14H28O3Si. The van der Waals surface area contributed by atoms with Gasteiger partial charge in [-0.3, -0.25) is 0 Å². The molecular weight excluding hydrogens is 244 g/mol. The molecule has 0 amide bonds. The van der Waals surface area contributed by atoms with E-state index in [0.717, 1.165) is 19.6 Å². The largest absolute Gasteiger partial charge is 0.463 e. The van der Waals surface area contributed by atoms with Crippen molar-refractivity contribution in [3.63, 3.8) is 0 Å². The smallest absolute Gasteiger partial charge is 0.330 e. The van der Waals surface area contributed by atoms with E-state index in [1.54, 1.807) is 0 Å². The Morgan fingerprint density at radius 3 is 2.56 bits per heavy atom. The van der Waals surface area contributed by atoms with Crippen LogP contribution < -0.4 is 0 Å². The van der Waals surface area contributed by atoms with E-state index in [2.05, 4.69) is 13.5 Å². The topological polar surface area (TPSA) is 35.5 Å². The van der Waals surface area contributed by atoms with E-state index in [9.17, 15) is 4.79 Å². The number of unbranched alkanes of at least 4 members (excludes halogenated alkanes) is 1. The van der Waals surface area contributed by atoms with E-state index < -0.39 is 8.80 Å². The van der Waals surface area contributed by atoms with Crippen molar-refractivity contribution in [2.75, 3.05) is 19.8 Å². The SMILES string of the molecule is C=CC(=O)OCCCC[SiH](CCC)CCOCC. The normalized spacial score (nSPS) is 12.1. The molecule has 1 atom stereocenters. The highest BCUT2D eigenvalue weighted by atomic mass is 28.3. The molecule has 0 aliphatic rings. The van der Waals surface area contributed by atoms with Gasteiger partial charge in [-0.25, -0.2) is 4.79 Å². The maximum Gasteiger partial charge on any atom is 0.330 e. The van der Waals surface area contributed by atoms with Crippen LogP contribution in [0, 0.1) is 0 Å². The Bertz CT molecular complexity index is 219. The van der Waals surface area contributed by atoms with Crippen LogP contribution in [-0.4, -0.2) is 34.6 Å². The third-order valence-corrected chi connectivity index (χ3v) is 6.66. The average Bonchev–Trinajstić information content (AvgIpc) is 2.38. The molecule has 0 aromatic carbocycles. The van der Waals surface area contributed by atoms with Crippen molar-refractivity contribution >= 4 is 14.8 Å². The van der Waals surface area contributed by atoms with Crippen molar-refractivity contribution in [2.45, 2.75) is 51.2 Å². The zero-order valence-corrected chi connectivity index (χ0v) is 13.1. The number of carbonyl (C=O) groups is 1. The van der Waals surface area contributed by atoms with Gasteiger partial charge in [0.1, 0.15) is 0 Å². The Kier molecular flexibility index (Phi) is 12.4. The van der Waals surface area contributed by atoms with Crippen molar-refractivity contribution in [3.05, 3.63) is 12.7 Å². The van der Waals surface area contributed by atoms with Gasteiger partial charge in [0.15, 0.2) is 0 Å². The van der Waals surface area contributed by atoms with Gasteiger partial charge in [-0.2, -0.15) is 0 Å². The molecule has 1 unspecified atom stereocenters. The quantitative estimate of drug-likeness (QED) is 0.237. The minimum Gasteiger partial charge on any atom is -0.463 e. The standard InChI is InChI=1S/C14H28O3Si/c1-4-11-18(13-10-16-6-3)12-8-7-9-17-14(15)5-2/h5,18H,2,4,6-13H2,1,3H3. The summed E-state index contributed by atoms with van der Waals surface area (Å²) in [7, 11) is -0.626. The number of hydrogen-bond acceptors (Lipinski definition) is 3. The first-order valence-corrected chi connectivity index (χ1v) is 9.56. The highest BCUT2D eigenvalue weighted by Gasteiger charge is 2.09. The lowest BCUT2D eigenvalue weighted by molar-refractivity contribution is -0.137. The van der Waals surface area contributed by atoms with Crippen molar-refractivity contribution in [2.24, 2.45) is 0 Å². The molecule has 0 N–H and O–H groups in total. The van der Waals surface area contributed by atoms with E-state index in [1.165, 1.54) is 37.0 Å². The fraction of sp³-hybridized carbons (Fsp3) is 0.786. The number of hydrogen-bond donors (Lipinski definition) is 0. The third-order valence-electron chi connectivity index (χ3n) is 2.99. The Hall–Kier alpha value is -0.613. The van der Waals surface area contributed by atoms with E-state index >= 15 is 0 Å². The minimum absolute atomic E-state index is 0.311. The molecule has 0 saturated heterocycles. The second-order valence-electron chi connectivity index (χ2n) is 4.51. The molecule has 0 fully saturated rings. The van der Waals surface area contributed by atoms with E-state index in [1.807, 2.05) is 6.92 Å². The zero-order valence-electron chi connectivity index (χ0n) is 12.0. The van der Waals surface area contributed by atoms with Crippen LogP contribution in [0.15, 0.2) is 12.7 Å². The summed E-state index contributed by atoms with van der Waals surface area (Å²) in [5.41, 5.74) is 0. The van der Waals surface area contributed by atoms with Gasteiger partial charge in [0.2, 0.25) is 0 Å². The molecule has 0 aromatic rings. The summed E-state index contributed by atoms with van der Waals surface area (Å²) in [6.07, 6.45) is 4.65. The average molecular weight is 272 g/mol. The van der Waals surface area contributed by atoms with Crippen LogP contribution in [0.25, 0.3) is 0 Å². The van der Waals surface area contributed by atoms with Gasteiger partial charge in [-0.15, -0.1) is 0 Å². The van der Waals surface area contributed by atoms with Gasteiger partial charge in [0.25, 0.3) is 0 Å². The molecule has 0 radical (unpaired) electrons. The highest BCUT2D eigenvalue weighted by molar-refractivity contribution is 6.58. The first-order chi connectivity index (χ1) is 8.74. The number of rotatable bonds is 12. The molecule has 0 spiro atoms. The van der Waals surface area contributed by atoms with Crippen LogP contribution in [0.5, 0.6) is 0 Å². The molecule has 3 nitrogen and oxygen atoms in total. The van der Waals surface area contributed by atoms with Crippen LogP contribution >= 0.6 is 0 Å². The number of carbonyl (C=O) groups excluding carboxylic acids is 1. The van der Waals surface area contributed by atoms with Crippen LogP contribution in [0.4, 0.5) is 0 Å². The Labute approximate surface area is 113 Å². The molecule has 4 heteroatoms. The lowest BCUT2D eigenvalue weighted by Gasteiger charge is -2.14. The van der Waals surface area contributed by atoms with Gasteiger partial charge in [0, 0.05) is 28.1 Å². The summed E-state index contributed by atoms with van der Waals surface area (Å²) in [6.45, 7) is 9.96. The molecule has 0 aromatic heterocycles. The lowest BCUT2D eigenvalue weighted by Crippen LogP contribution is -2.15. The molecule has 106 valence electrons. The second-order valence-corrected chi connectivity index (χ2v) is 7.97. The highest BCUT2D eigenvalue weighted by Crippen LogP contribution is 2.12. The van der Waals surface area contributed by atoms with E-state index in [4.69, 9.17) is 9.47 Å². The molecule has 0 rings (SSSR count). The van der Waals surface area contributed by atoms with Crippen LogP contribution in [-0.2, 0) is 14.3 Å². The van der Waals surface area contributed by atoms with Crippen LogP contribution in [0.1, 0.15) is 33.1 Å². The first-order valence-electron chi connectivity index (χ1n) is 7.11. The van der Waals surface area contributed by atoms with Crippen molar-refractivity contribution in [1.82, 2.24) is 0 Å². The van der Waals surface area contributed by atoms with Crippen LogP contribution in [0.2, 0.25) is 18.1 Å². The zero-order chi connectivity index (χ0) is 13.6. The summed E-state index contributed by atoms with van der Waals surface area (Å²) in [4.78, 5) is 10.8. The fourth-order valence-electron chi connectivity index (χ4n) is 2.00. The Morgan fingerprint density at radius 1 is 1.17 bits per heavy atom. The van der Waals surface area contributed by atoms with E-state index in [0.29, 0.717) is 6.61 Å². The number of esters is 1. The number of ether oxygens (including phenoxy) is 2. The van der Waals surface area contributed by atoms with Gasteiger partial charge in [-0.1, -0.05) is 38.4 Å². The summed E-state index contributed by atoms with van der Waals surface area (Å²) >= 11 is 0. The summed E-state index contributed by atoms with van der Waals surface area (Å²) in [5.74, 6) is -0.311. The lowest BCUT2D eigenvalue weighted by atomic mass is 10.4. The maximum absolute atomic E-state index is 10.8. The van der Waals surface area contributed by atoms with Crippen LogP contribution in [0.3, 0.4) is 0 Å². The molecule has 0 aliphatic heterocycles. The molecule has 0 aliphatic carbocycles. The fourth-order valence-corrected chi connectivity index (χ4v) is 5.05. The molecule has 18 heavy (non-hydrogen) atoms. The van der Waals surface area contributed by atoms with Crippen molar-refractivity contribution < 1.29 is 14.3 Å². The molecule has 0 heterocycles. The van der Waals surface area contributed by atoms with Gasteiger partial charge < -0.3 is 9.47 Å². The minimum atomic E-state index is -0.626. The predicted molar refractivity (Wildman–Crippen MR) is 78.7 cm³/mol. The molecule has 0 bridgehead atoms. The monoisotopic (exact) mass is 272 g/mol. The van der Waals surface area contributed by atoms with Gasteiger partial charge in [-0.05, 0) is 19.4 Å².